The number of phenols is 1. The Kier molecular flexibility index (Phi) is 3.66. The molecule has 5 heteroatoms. The summed E-state index contributed by atoms with van der Waals surface area (Å²) in [6, 6.07) is 5.25. The molecule has 1 aliphatic heterocycles. The molecule has 4 N–H and O–H groups in total. The Balaban J connectivity index is 2.02. The van der Waals surface area contributed by atoms with Gasteiger partial charge >= 0.3 is 0 Å². The van der Waals surface area contributed by atoms with Crippen LogP contribution >= 0.6 is 0 Å². The molecule has 1 aromatic rings. The highest BCUT2D eigenvalue weighted by Gasteiger charge is 2.39. The Labute approximate surface area is 113 Å². The van der Waals surface area contributed by atoms with Crippen LogP contribution in [0.4, 0.5) is 5.69 Å². The van der Waals surface area contributed by atoms with Crippen molar-refractivity contribution in [2.75, 3.05) is 25.9 Å². The number of amides is 1. The molecule has 0 spiro atoms. The minimum absolute atomic E-state index is 0.0974. The second-order valence-corrected chi connectivity index (χ2v) is 5.49. The maximum atomic E-state index is 11.8. The predicted molar refractivity (Wildman–Crippen MR) is 74.6 cm³/mol. The molecule has 2 rings (SSSR count). The minimum Gasteiger partial charge on any atom is -0.506 e. The van der Waals surface area contributed by atoms with Gasteiger partial charge in [-0.3, -0.25) is 9.69 Å². The van der Waals surface area contributed by atoms with Crippen molar-refractivity contribution in [3.8, 4) is 5.75 Å². The third-order valence-electron chi connectivity index (χ3n) is 3.83. The lowest BCUT2D eigenvalue weighted by atomic mass is 9.89. The first-order valence-corrected chi connectivity index (χ1v) is 6.46. The topological polar surface area (TPSA) is 78.6 Å². The minimum atomic E-state index is -0.308. The van der Waals surface area contributed by atoms with Gasteiger partial charge < -0.3 is 16.2 Å². The summed E-state index contributed by atoms with van der Waals surface area (Å²) in [6.07, 6.45) is 0.861. The molecular formula is C14H21N3O2. The molecule has 0 saturated carbocycles. The number of hydrogen-bond acceptors (Lipinski definition) is 4. The molecule has 1 fully saturated rings. The van der Waals surface area contributed by atoms with E-state index in [1.54, 1.807) is 19.2 Å². The molecule has 1 atom stereocenters. The van der Waals surface area contributed by atoms with E-state index in [0.717, 1.165) is 31.6 Å². The van der Waals surface area contributed by atoms with Gasteiger partial charge in [-0.25, -0.2) is 0 Å². The van der Waals surface area contributed by atoms with Crippen molar-refractivity contribution in [1.29, 1.82) is 0 Å². The molecule has 1 amide bonds. The highest BCUT2D eigenvalue weighted by atomic mass is 16.3. The first kappa shape index (κ1) is 13.7. The number of hydrogen-bond donors (Lipinski definition) is 3. The Hall–Kier alpha value is -1.75. The van der Waals surface area contributed by atoms with Crippen molar-refractivity contribution >= 4 is 11.6 Å². The number of anilines is 1. The van der Waals surface area contributed by atoms with E-state index in [4.69, 9.17) is 5.73 Å². The van der Waals surface area contributed by atoms with Crippen molar-refractivity contribution in [2.24, 2.45) is 5.41 Å². The van der Waals surface area contributed by atoms with Crippen LogP contribution in [-0.2, 0) is 11.3 Å². The second kappa shape index (κ2) is 5.09. The highest BCUT2D eigenvalue weighted by molar-refractivity contribution is 5.82. The molecule has 0 aromatic heterocycles. The molecule has 1 saturated heterocycles. The molecule has 1 unspecified atom stereocenters. The molecule has 5 nitrogen and oxygen atoms in total. The summed E-state index contributed by atoms with van der Waals surface area (Å²) in [5.74, 6) is 0.209. The summed E-state index contributed by atoms with van der Waals surface area (Å²) < 4.78 is 0. The van der Waals surface area contributed by atoms with Crippen LogP contribution in [0.25, 0.3) is 0 Å². The predicted octanol–water partition coefficient (Wildman–Crippen LogP) is 0.932. The average Bonchev–Trinajstić information content (AvgIpc) is 2.76. The molecule has 19 heavy (non-hydrogen) atoms. The zero-order valence-electron chi connectivity index (χ0n) is 11.4. The van der Waals surface area contributed by atoms with E-state index in [2.05, 4.69) is 10.2 Å². The van der Waals surface area contributed by atoms with Gasteiger partial charge in [0.05, 0.1) is 11.1 Å². The van der Waals surface area contributed by atoms with Gasteiger partial charge in [0.25, 0.3) is 0 Å². The first-order chi connectivity index (χ1) is 8.94. The summed E-state index contributed by atoms with van der Waals surface area (Å²) in [6.45, 7) is 4.38. The van der Waals surface area contributed by atoms with Crippen molar-refractivity contribution in [2.45, 2.75) is 19.9 Å². The number of nitrogen functional groups attached to an aromatic ring is 1. The Bertz CT molecular complexity index is 490. The number of aromatic hydroxyl groups is 1. The van der Waals surface area contributed by atoms with Crippen molar-refractivity contribution in [3.63, 3.8) is 0 Å². The maximum absolute atomic E-state index is 11.8. The monoisotopic (exact) mass is 263 g/mol. The molecule has 0 radical (unpaired) electrons. The first-order valence-electron chi connectivity index (χ1n) is 6.46. The zero-order chi connectivity index (χ0) is 14.0. The number of nitrogens with one attached hydrogen (secondary N) is 1. The number of rotatable bonds is 3. The molecule has 1 heterocycles. The Morgan fingerprint density at radius 3 is 2.95 bits per heavy atom. The fourth-order valence-corrected chi connectivity index (χ4v) is 2.64. The van der Waals surface area contributed by atoms with Crippen molar-refractivity contribution < 1.29 is 9.90 Å². The quantitative estimate of drug-likeness (QED) is 0.560. The molecule has 1 aliphatic rings. The van der Waals surface area contributed by atoms with E-state index in [1.807, 2.05) is 13.0 Å². The number of phenolic OH excluding ortho intramolecular Hbond substituents is 1. The second-order valence-electron chi connectivity index (χ2n) is 5.49. The molecule has 0 bridgehead atoms. The summed E-state index contributed by atoms with van der Waals surface area (Å²) in [7, 11) is 1.68. The van der Waals surface area contributed by atoms with E-state index in [1.165, 1.54) is 0 Å². The smallest absolute Gasteiger partial charge is 0.227 e. The van der Waals surface area contributed by atoms with Crippen molar-refractivity contribution in [3.05, 3.63) is 23.8 Å². The summed E-state index contributed by atoms with van der Waals surface area (Å²) in [4.78, 5) is 14.1. The number of carbonyl (C=O) groups is 1. The summed E-state index contributed by atoms with van der Waals surface area (Å²) >= 11 is 0. The maximum Gasteiger partial charge on any atom is 0.227 e. The fourth-order valence-electron chi connectivity index (χ4n) is 2.64. The number of carbonyl (C=O) groups excluding carboxylic acids is 1. The highest BCUT2D eigenvalue weighted by Crippen LogP contribution is 2.31. The van der Waals surface area contributed by atoms with Gasteiger partial charge in [0, 0.05) is 20.1 Å². The van der Waals surface area contributed by atoms with Gasteiger partial charge in [-0.15, -0.1) is 0 Å². The van der Waals surface area contributed by atoms with Crippen LogP contribution in [0.3, 0.4) is 0 Å². The van der Waals surface area contributed by atoms with Gasteiger partial charge in [-0.05, 0) is 37.6 Å². The van der Waals surface area contributed by atoms with Crippen LogP contribution in [0.15, 0.2) is 18.2 Å². The zero-order valence-corrected chi connectivity index (χ0v) is 11.4. The summed E-state index contributed by atoms with van der Waals surface area (Å²) in [5, 5.41) is 12.1. The van der Waals surface area contributed by atoms with E-state index in [9.17, 15) is 9.90 Å². The van der Waals surface area contributed by atoms with Crippen LogP contribution in [0.1, 0.15) is 18.9 Å². The van der Waals surface area contributed by atoms with Gasteiger partial charge in [0.2, 0.25) is 5.91 Å². The van der Waals surface area contributed by atoms with Crippen LogP contribution < -0.4 is 11.1 Å². The lowest BCUT2D eigenvalue weighted by Crippen LogP contribution is -2.39. The van der Waals surface area contributed by atoms with Crippen LogP contribution in [-0.4, -0.2) is 36.1 Å². The number of likely N-dealkylation sites (tertiary alicyclic amines) is 1. The van der Waals surface area contributed by atoms with Gasteiger partial charge in [0.15, 0.2) is 0 Å². The normalized spacial score (nSPS) is 23.5. The number of nitrogens with two attached hydrogens (primary N) is 1. The van der Waals surface area contributed by atoms with E-state index in [0.29, 0.717) is 5.69 Å². The van der Waals surface area contributed by atoms with Crippen LogP contribution in [0.5, 0.6) is 5.75 Å². The molecular weight excluding hydrogens is 242 g/mol. The lowest BCUT2D eigenvalue weighted by molar-refractivity contribution is -0.129. The van der Waals surface area contributed by atoms with Crippen LogP contribution in [0, 0.1) is 5.41 Å². The third kappa shape index (κ3) is 2.81. The largest absolute Gasteiger partial charge is 0.506 e. The van der Waals surface area contributed by atoms with E-state index < -0.39 is 0 Å². The Morgan fingerprint density at radius 1 is 1.58 bits per heavy atom. The SMILES string of the molecule is CNC(=O)C1(C)CCN(Cc2ccc(O)c(N)c2)C1. The fraction of sp³-hybridized carbons (Fsp3) is 0.500. The molecule has 104 valence electrons. The molecule has 1 aromatic carbocycles. The van der Waals surface area contributed by atoms with E-state index in [-0.39, 0.29) is 17.1 Å². The summed E-state index contributed by atoms with van der Waals surface area (Å²) in [5.41, 5.74) is 6.82. The lowest BCUT2D eigenvalue weighted by Gasteiger charge is -2.22. The molecule has 0 aliphatic carbocycles. The van der Waals surface area contributed by atoms with Crippen LogP contribution in [0.2, 0.25) is 0 Å². The standard InChI is InChI=1S/C14H21N3O2/c1-14(13(19)16-2)5-6-17(9-14)8-10-3-4-12(18)11(15)7-10/h3-4,7,18H,5-6,8-9,15H2,1-2H3,(H,16,19). The Morgan fingerprint density at radius 2 is 2.32 bits per heavy atom. The third-order valence-corrected chi connectivity index (χ3v) is 3.83. The van der Waals surface area contributed by atoms with E-state index >= 15 is 0 Å². The number of benzene rings is 1. The van der Waals surface area contributed by atoms with Gasteiger partial charge in [0.1, 0.15) is 5.75 Å². The number of nitrogens with zero attached hydrogens (tertiary/aromatic N) is 1. The van der Waals surface area contributed by atoms with Gasteiger partial charge in [-0.2, -0.15) is 0 Å². The van der Waals surface area contributed by atoms with Gasteiger partial charge in [-0.1, -0.05) is 6.07 Å². The average molecular weight is 263 g/mol. The van der Waals surface area contributed by atoms with Crippen molar-refractivity contribution in [1.82, 2.24) is 10.2 Å².